The van der Waals surface area contributed by atoms with Crippen LogP contribution < -0.4 is 0 Å². The molecule has 126 valence electrons. The summed E-state index contributed by atoms with van der Waals surface area (Å²) in [6.07, 6.45) is 1.55. The highest BCUT2D eigenvalue weighted by Gasteiger charge is 2.50. The van der Waals surface area contributed by atoms with Gasteiger partial charge in [0.1, 0.15) is 5.76 Å². The van der Waals surface area contributed by atoms with Gasteiger partial charge in [-0.3, -0.25) is 14.5 Å². The van der Waals surface area contributed by atoms with Crippen LogP contribution in [-0.4, -0.2) is 39.4 Å². The topological polar surface area (TPSA) is 55.8 Å². The van der Waals surface area contributed by atoms with E-state index < -0.39 is 16.1 Å². The van der Waals surface area contributed by atoms with Gasteiger partial charge in [-0.25, -0.2) is 0 Å². The maximum Gasteiger partial charge on any atom is 0.262 e. The third-order valence-corrected chi connectivity index (χ3v) is 5.05. The first-order valence-corrected chi connectivity index (χ1v) is 8.55. The zero-order chi connectivity index (χ0) is 17.1. The molecule has 1 aromatic carbocycles. The van der Waals surface area contributed by atoms with Crippen LogP contribution in [0.25, 0.3) is 0 Å². The van der Waals surface area contributed by atoms with Crippen molar-refractivity contribution in [2.45, 2.75) is 22.5 Å². The summed E-state index contributed by atoms with van der Waals surface area (Å²) in [5.41, 5.74) is 0.765. The molecule has 4 rings (SSSR count). The summed E-state index contributed by atoms with van der Waals surface area (Å²) >= 11 is 17.8. The smallest absolute Gasteiger partial charge is 0.262 e. The molecule has 2 amide bonds. The van der Waals surface area contributed by atoms with Gasteiger partial charge in [-0.2, -0.15) is 0 Å². The molecule has 0 aliphatic carbocycles. The van der Waals surface area contributed by atoms with E-state index in [0.29, 0.717) is 24.2 Å². The molecule has 3 atom stereocenters. The minimum atomic E-state index is -1.80. The van der Waals surface area contributed by atoms with Gasteiger partial charge in [-0.1, -0.05) is 46.9 Å². The van der Waals surface area contributed by atoms with Crippen LogP contribution in [0.1, 0.15) is 27.1 Å². The van der Waals surface area contributed by atoms with Crippen LogP contribution in [0, 0.1) is 5.92 Å². The average Bonchev–Trinajstić information content (AvgIpc) is 3.10. The van der Waals surface area contributed by atoms with Crippen LogP contribution in [0.15, 0.2) is 36.1 Å². The number of carbonyl (C=O) groups is 2. The third kappa shape index (κ3) is 2.42. The lowest BCUT2D eigenvalue weighted by Crippen LogP contribution is -2.49. The van der Waals surface area contributed by atoms with Crippen LogP contribution >= 0.6 is 34.8 Å². The Morgan fingerprint density at radius 1 is 1.08 bits per heavy atom. The summed E-state index contributed by atoms with van der Waals surface area (Å²) in [6, 6.07) is 6.14. The van der Waals surface area contributed by atoms with Crippen molar-refractivity contribution < 1.29 is 19.1 Å². The lowest BCUT2D eigenvalue weighted by atomic mass is 9.93. The Labute approximate surface area is 153 Å². The number of benzene rings is 1. The standard InChI is InChI=1S/C16H12Cl3NO4/c17-16(18,19)12-7-11(10-5-6-23-15(10)24-12)20-13(21)8-3-1-2-4-9(8)14(20)22/h1-4,7,10-11,15H,5-6H2/t10-,11-,15+/m1/s1. The molecule has 1 saturated heterocycles. The maximum absolute atomic E-state index is 12.7. The molecule has 3 aliphatic rings. The first kappa shape index (κ1) is 16.2. The quantitative estimate of drug-likeness (QED) is 0.547. The Morgan fingerprint density at radius 2 is 1.71 bits per heavy atom. The van der Waals surface area contributed by atoms with E-state index in [2.05, 4.69) is 0 Å². The van der Waals surface area contributed by atoms with E-state index in [1.54, 1.807) is 30.3 Å². The van der Waals surface area contributed by atoms with E-state index >= 15 is 0 Å². The maximum atomic E-state index is 12.7. The van der Waals surface area contributed by atoms with Crippen LogP contribution in [0.4, 0.5) is 0 Å². The van der Waals surface area contributed by atoms with Crippen LogP contribution in [0.2, 0.25) is 0 Å². The van der Waals surface area contributed by atoms with Crippen LogP contribution in [-0.2, 0) is 9.47 Å². The number of alkyl halides is 3. The van der Waals surface area contributed by atoms with Crippen molar-refractivity contribution in [3.8, 4) is 0 Å². The second kappa shape index (κ2) is 5.63. The molecule has 1 aromatic rings. The number of nitrogens with zero attached hydrogens (tertiary/aromatic N) is 1. The van der Waals surface area contributed by atoms with Crippen molar-refractivity contribution in [2.24, 2.45) is 5.92 Å². The number of hydrogen-bond acceptors (Lipinski definition) is 4. The lowest BCUT2D eigenvalue weighted by molar-refractivity contribution is -0.119. The Bertz CT molecular complexity index is 723. The summed E-state index contributed by atoms with van der Waals surface area (Å²) < 4.78 is 9.34. The second-order valence-electron chi connectivity index (χ2n) is 5.85. The van der Waals surface area contributed by atoms with Crippen molar-refractivity contribution in [3.63, 3.8) is 0 Å². The Kier molecular flexibility index (Phi) is 3.80. The molecule has 0 aromatic heterocycles. The molecule has 0 saturated carbocycles. The minimum absolute atomic E-state index is 0.0669. The predicted molar refractivity (Wildman–Crippen MR) is 88.0 cm³/mol. The van der Waals surface area contributed by atoms with Crippen molar-refractivity contribution >= 4 is 46.6 Å². The van der Waals surface area contributed by atoms with E-state index in [1.807, 2.05) is 0 Å². The summed E-state index contributed by atoms with van der Waals surface area (Å²) in [4.78, 5) is 26.7. The number of amides is 2. The van der Waals surface area contributed by atoms with Crippen LogP contribution in [0.5, 0.6) is 0 Å². The number of halogens is 3. The number of carbonyl (C=O) groups excluding carboxylic acids is 2. The molecule has 0 radical (unpaired) electrons. The van der Waals surface area contributed by atoms with Crippen molar-refractivity contribution in [1.29, 1.82) is 0 Å². The monoisotopic (exact) mass is 387 g/mol. The SMILES string of the molecule is O=C1c2ccccc2C(=O)N1[C@@H]1C=C(C(Cl)(Cl)Cl)O[C@@H]2OCC[C@@H]21. The molecule has 5 nitrogen and oxygen atoms in total. The van der Waals surface area contributed by atoms with E-state index in [-0.39, 0.29) is 23.5 Å². The highest BCUT2D eigenvalue weighted by atomic mass is 35.6. The third-order valence-electron chi connectivity index (χ3n) is 4.49. The molecule has 3 heterocycles. The predicted octanol–water partition coefficient (Wildman–Crippen LogP) is 3.30. The zero-order valence-electron chi connectivity index (χ0n) is 12.2. The number of hydrogen-bond donors (Lipinski definition) is 0. The Hall–Kier alpha value is -1.27. The summed E-state index contributed by atoms with van der Waals surface area (Å²) in [5.74, 6) is -0.832. The first-order valence-electron chi connectivity index (χ1n) is 7.42. The number of imide groups is 1. The number of allylic oxidation sites excluding steroid dienone is 1. The van der Waals surface area contributed by atoms with Gasteiger partial charge >= 0.3 is 0 Å². The molecule has 3 aliphatic heterocycles. The van der Waals surface area contributed by atoms with Gasteiger partial charge in [0, 0.05) is 5.92 Å². The number of fused-ring (bicyclic) bond motifs is 2. The second-order valence-corrected chi connectivity index (χ2v) is 8.14. The minimum Gasteiger partial charge on any atom is -0.465 e. The van der Waals surface area contributed by atoms with Crippen LogP contribution in [0.3, 0.4) is 0 Å². The van der Waals surface area contributed by atoms with Gasteiger partial charge in [0.2, 0.25) is 10.1 Å². The molecule has 0 bridgehead atoms. The van der Waals surface area contributed by atoms with Gasteiger partial charge in [0.15, 0.2) is 0 Å². The van der Waals surface area contributed by atoms with Gasteiger partial charge in [0.05, 0.1) is 23.8 Å². The molecular weight excluding hydrogens is 377 g/mol. The molecule has 1 fully saturated rings. The van der Waals surface area contributed by atoms with Crippen molar-refractivity contribution in [3.05, 3.63) is 47.2 Å². The summed E-state index contributed by atoms with van der Waals surface area (Å²) in [7, 11) is 0. The van der Waals surface area contributed by atoms with Crippen molar-refractivity contribution in [1.82, 2.24) is 4.90 Å². The summed E-state index contributed by atoms with van der Waals surface area (Å²) in [6.45, 7) is 0.454. The summed E-state index contributed by atoms with van der Waals surface area (Å²) in [5, 5.41) is 0. The van der Waals surface area contributed by atoms with Gasteiger partial charge in [-0.05, 0) is 24.6 Å². The van der Waals surface area contributed by atoms with E-state index in [9.17, 15) is 9.59 Å². The van der Waals surface area contributed by atoms with E-state index in [4.69, 9.17) is 44.3 Å². The fraction of sp³-hybridized carbons (Fsp3) is 0.375. The first-order chi connectivity index (χ1) is 11.4. The lowest BCUT2D eigenvalue weighted by Gasteiger charge is -2.37. The Morgan fingerprint density at radius 3 is 2.29 bits per heavy atom. The van der Waals surface area contributed by atoms with E-state index in [0.717, 1.165) is 0 Å². The number of rotatable bonds is 1. The van der Waals surface area contributed by atoms with Gasteiger partial charge in [0.25, 0.3) is 11.8 Å². The van der Waals surface area contributed by atoms with E-state index in [1.165, 1.54) is 4.90 Å². The van der Waals surface area contributed by atoms with Gasteiger partial charge < -0.3 is 9.47 Å². The molecule has 0 unspecified atom stereocenters. The average molecular weight is 389 g/mol. The van der Waals surface area contributed by atoms with Crippen molar-refractivity contribution in [2.75, 3.05) is 6.61 Å². The highest BCUT2D eigenvalue weighted by Crippen LogP contribution is 2.44. The molecule has 0 spiro atoms. The fourth-order valence-corrected chi connectivity index (χ4v) is 3.70. The Balaban J connectivity index is 1.77. The molecular formula is C16H12Cl3NO4. The fourth-order valence-electron chi connectivity index (χ4n) is 3.38. The normalized spacial score (nSPS) is 29.2. The molecule has 8 heteroatoms. The molecule has 0 N–H and O–H groups in total. The largest absolute Gasteiger partial charge is 0.465 e. The highest BCUT2D eigenvalue weighted by molar-refractivity contribution is 6.69. The number of ether oxygens (including phenoxy) is 2. The molecule has 24 heavy (non-hydrogen) atoms. The zero-order valence-corrected chi connectivity index (χ0v) is 14.5. The van der Waals surface area contributed by atoms with Gasteiger partial charge in [-0.15, -0.1) is 0 Å².